The number of furan rings is 1. The Morgan fingerprint density at radius 2 is 2.16 bits per heavy atom. The van der Waals surface area contributed by atoms with Crippen molar-refractivity contribution in [1.29, 1.82) is 0 Å². The monoisotopic (exact) mass is 340 g/mol. The molecule has 0 aliphatic rings. The minimum Gasteiger partial charge on any atom is -0.458 e. The predicted octanol–water partition coefficient (Wildman–Crippen LogP) is 2.19. The van der Waals surface area contributed by atoms with Crippen LogP contribution in [-0.2, 0) is 10.8 Å². The van der Waals surface area contributed by atoms with Crippen molar-refractivity contribution in [3.05, 3.63) is 28.6 Å². The zero-order valence-electron chi connectivity index (χ0n) is 10.1. The van der Waals surface area contributed by atoms with Gasteiger partial charge >= 0.3 is 0 Å². The third kappa shape index (κ3) is 2.10. The van der Waals surface area contributed by atoms with E-state index in [0.717, 1.165) is 5.76 Å². The van der Waals surface area contributed by atoms with E-state index in [1.54, 1.807) is 16.8 Å². The largest absolute Gasteiger partial charge is 0.458 e. The van der Waals surface area contributed by atoms with Gasteiger partial charge in [-0.1, -0.05) is 0 Å². The highest BCUT2D eigenvalue weighted by atomic mass is 79.9. The molecule has 0 N–H and O–H groups in total. The number of fused-ring (bicyclic) bond motifs is 1. The van der Waals surface area contributed by atoms with Gasteiger partial charge in [0.25, 0.3) is 0 Å². The van der Waals surface area contributed by atoms with Crippen LogP contribution in [0.2, 0.25) is 0 Å². The highest BCUT2D eigenvalue weighted by Gasteiger charge is 2.17. The average Bonchev–Trinajstić information content (AvgIpc) is 2.95. The molecule has 0 saturated heterocycles. The van der Waals surface area contributed by atoms with Crippen molar-refractivity contribution in [2.75, 3.05) is 6.26 Å². The molecule has 0 fully saturated rings. The van der Waals surface area contributed by atoms with Crippen LogP contribution in [0.5, 0.6) is 0 Å². The Labute approximate surface area is 119 Å². The van der Waals surface area contributed by atoms with Gasteiger partial charge in [-0.05, 0) is 35.0 Å². The zero-order valence-corrected chi connectivity index (χ0v) is 12.5. The average molecular weight is 341 g/mol. The van der Waals surface area contributed by atoms with Crippen molar-refractivity contribution >= 4 is 32.4 Å². The first-order valence-corrected chi connectivity index (χ1v) is 7.73. The highest BCUT2D eigenvalue weighted by Crippen LogP contribution is 2.24. The first-order valence-electron chi connectivity index (χ1n) is 5.38. The van der Waals surface area contributed by atoms with Crippen LogP contribution in [0.15, 0.2) is 32.4 Å². The summed E-state index contributed by atoms with van der Waals surface area (Å²) >= 11 is 3.36. The third-order valence-electron chi connectivity index (χ3n) is 2.52. The van der Waals surface area contributed by atoms with Crippen molar-refractivity contribution in [3.63, 3.8) is 0 Å². The fraction of sp³-hybridized carbons (Fsp3) is 0.182. The van der Waals surface area contributed by atoms with E-state index in [-0.39, 0.29) is 5.16 Å². The van der Waals surface area contributed by atoms with Crippen LogP contribution in [0.25, 0.3) is 17.2 Å². The summed E-state index contributed by atoms with van der Waals surface area (Å²) < 4.78 is 19.4. The molecular formula is C11H9BrN4O2S. The molecule has 0 spiro atoms. The highest BCUT2D eigenvalue weighted by molar-refractivity contribution is 9.10. The van der Waals surface area contributed by atoms with E-state index in [1.165, 1.54) is 6.26 Å². The minimum atomic E-state index is -1.28. The summed E-state index contributed by atoms with van der Waals surface area (Å²) in [6, 6.07) is 3.64. The maximum absolute atomic E-state index is 11.6. The van der Waals surface area contributed by atoms with Crippen LogP contribution in [0.1, 0.15) is 5.76 Å². The predicted molar refractivity (Wildman–Crippen MR) is 73.3 cm³/mol. The van der Waals surface area contributed by atoms with Crippen molar-refractivity contribution in [2.45, 2.75) is 12.1 Å². The van der Waals surface area contributed by atoms with Crippen LogP contribution in [0.3, 0.4) is 0 Å². The maximum Gasteiger partial charge on any atom is 0.222 e. The van der Waals surface area contributed by atoms with Gasteiger partial charge in [0, 0.05) is 6.26 Å². The molecule has 1 unspecified atom stereocenters. The van der Waals surface area contributed by atoms with Crippen molar-refractivity contribution in [1.82, 2.24) is 19.6 Å². The van der Waals surface area contributed by atoms with Crippen LogP contribution in [0.4, 0.5) is 0 Å². The molecule has 0 saturated carbocycles. The molecule has 98 valence electrons. The quantitative estimate of drug-likeness (QED) is 0.714. The van der Waals surface area contributed by atoms with Crippen molar-refractivity contribution in [3.8, 4) is 11.6 Å². The molecule has 3 heterocycles. The van der Waals surface area contributed by atoms with Gasteiger partial charge in [-0.2, -0.15) is 19.6 Å². The molecule has 0 amide bonds. The Bertz CT molecular complexity index is 795. The molecule has 8 heteroatoms. The van der Waals surface area contributed by atoms with Crippen molar-refractivity contribution in [2.24, 2.45) is 0 Å². The number of nitrogens with zero attached hydrogens (tertiary/aromatic N) is 4. The second-order valence-electron chi connectivity index (χ2n) is 3.92. The lowest BCUT2D eigenvalue weighted by Gasteiger charge is -2.03. The number of aromatic nitrogens is 4. The Hall–Kier alpha value is -1.54. The third-order valence-corrected chi connectivity index (χ3v) is 3.78. The van der Waals surface area contributed by atoms with Gasteiger partial charge in [-0.15, -0.1) is 0 Å². The number of hydrogen-bond donors (Lipinski definition) is 0. The molecule has 0 aliphatic carbocycles. The number of hydrogen-bond acceptors (Lipinski definition) is 5. The lowest BCUT2D eigenvalue weighted by molar-refractivity contribution is 0.539. The lowest BCUT2D eigenvalue weighted by atomic mass is 10.4. The van der Waals surface area contributed by atoms with Crippen molar-refractivity contribution < 1.29 is 8.63 Å². The first-order chi connectivity index (χ1) is 9.06. The second kappa shape index (κ2) is 4.53. The summed E-state index contributed by atoms with van der Waals surface area (Å²) in [5.74, 6) is 1.81. The van der Waals surface area contributed by atoms with Gasteiger partial charge in [0.05, 0.1) is 21.5 Å². The molecule has 3 aromatic heterocycles. The summed E-state index contributed by atoms with van der Waals surface area (Å²) in [6.07, 6.45) is 3.15. The van der Waals surface area contributed by atoms with Crippen LogP contribution < -0.4 is 0 Å². The van der Waals surface area contributed by atoms with Crippen LogP contribution in [0, 0.1) is 6.92 Å². The van der Waals surface area contributed by atoms with E-state index in [4.69, 9.17) is 4.42 Å². The van der Waals surface area contributed by atoms with E-state index in [1.807, 2.05) is 13.0 Å². The summed E-state index contributed by atoms with van der Waals surface area (Å²) in [4.78, 5) is 8.50. The molecule has 0 radical (unpaired) electrons. The van der Waals surface area contributed by atoms with Gasteiger partial charge in [-0.25, -0.2) is 0 Å². The van der Waals surface area contributed by atoms with E-state index in [9.17, 15) is 4.21 Å². The van der Waals surface area contributed by atoms with E-state index >= 15 is 0 Å². The summed E-state index contributed by atoms with van der Waals surface area (Å²) in [5.41, 5.74) is 0.559. The molecule has 3 aromatic rings. The SMILES string of the molecule is Cc1ccc(-c2nc(S(C)=O)nc3c(Br)cnn23)o1. The lowest BCUT2D eigenvalue weighted by Crippen LogP contribution is -2.05. The summed E-state index contributed by atoms with van der Waals surface area (Å²) in [7, 11) is -1.28. The molecule has 6 nitrogen and oxygen atoms in total. The van der Waals surface area contributed by atoms with Crippen LogP contribution in [-0.4, -0.2) is 30.0 Å². The fourth-order valence-electron chi connectivity index (χ4n) is 1.67. The molecule has 0 bridgehead atoms. The molecule has 19 heavy (non-hydrogen) atoms. The van der Waals surface area contributed by atoms with E-state index < -0.39 is 10.8 Å². The van der Waals surface area contributed by atoms with E-state index in [0.29, 0.717) is 21.7 Å². The first kappa shape index (κ1) is 12.5. The number of aryl methyl sites for hydroxylation is 1. The topological polar surface area (TPSA) is 73.3 Å². The Balaban J connectivity index is 2.36. The number of rotatable bonds is 2. The normalized spacial score (nSPS) is 13.0. The standard InChI is InChI=1S/C11H9BrN4O2S/c1-6-3-4-8(18-6)10-15-11(19(2)17)14-9-7(12)5-13-16(9)10/h3-5H,1-2H3. The second-order valence-corrected chi connectivity index (χ2v) is 6.05. The summed E-state index contributed by atoms with van der Waals surface area (Å²) in [6.45, 7) is 1.85. The van der Waals surface area contributed by atoms with Crippen LogP contribution >= 0.6 is 15.9 Å². The molecule has 0 aromatic carbocycles. The summed E-state index contributed by atoms with van der Waals surface area (Å²) in [5, 5.41) is 4.44. The minimum absolute atomic E-state index is 0.248. The number of halogens is 1. The Morgan fingerprint density at radius 1 is 1.37 bits per heavy atom. The fourth-order valence-corrected chi connectivity index (χ4v) is 2.45. The molecular weight excluding hydrogens is 332 g/mol. The maximum atomic E-state index is 11.6. The Kier molecular flexibility index (Phi) is 2.98. The molecule has 1 atom stereocenters. The smallest absolute Gasteiger partial charge is 0.222 e. The Morgan fingerprint density at radius 3 is 2.79 bits per heavy atom. The molecule has 0 aliphatic heterocycles. The van der Waals surface area contributed by atoms with E-state index in [2.05, 4.69) is 31.0 Å². The van der Waals surface area contributed by atoms with Gasteiger partial charge in [0.15, 0.2) is 11.4 Å². The van der Waals surface area contributed by atoms with Gasteiger partial charge in [-0.3, -0.25) is 4.21 Å². The molecule has 3 rings (SSSR count). The van der Waals surface area contributed by atoms with Gasteiger partial charge in [0.2, 0.25) is 11.0 Å². The zero-order chi connectivity index (χ0) is 13.6. The van der Waals surface area contributed by atoms with Gasteiger partial charge < -0.3 is 4.42 Å². The van der Waals surface area contributed by atoms with Gasteiger partial charge in [0.1, 0.15) is 5.76 Å².